The lowest BCUT2D eigenvalue weighted by Crippen LogP contribution is -2.38. The van der Waals surface area contributed by atoms with Crippen molar-refractivity contribution in [2.45, 2.75) is 43.5 Å². The van der Waals surface area contributed by atoms with Crippen molar-refractivity contribution in [1.29, 1.82) is 0 Å². The number of amides is 1. The number of carbonyl (C=O) groups excluding carboxylic acids is 1. The van der Waals surface area contributed by atoms with E-state index < -0.39 is 22.0 Å². The Bertz CT molecular complexity index is 694. The molecule has 0 bridgehead atoms. The van der Waals surface area contributed by atoms with Gasteiger partial charge in [0.05, 0.1) is 4.90 Å². The van der Waals surface area contributed by atoms with Crippen molar-refractivity contribution in [3.05, 3.63) is 29.8 Å². The number of carbonyl (C=O) groups is 2. The van der Waals surface area contributed by atoms with E-state index >= 15 is 0 Å². The summed E-state index contributed by atoms with van der Waals surface area (Å²) >= 11 is 0. The van der Waals surface area contributed by atoms with E-state index in [9.17, 15) is 18.0 Å². The van der Waals surface area contributed by atoms with Gasteiger partial charge >= 0.3 is 5.97 Å². The number of nitrogens with zero attached hydrogens (tertiary/aromatic N) is 1. The molecule has 24 heavy (non-hydrogen) atoms. The summed E-state index contributed by atoms with van der Waals surface area (Å²) in [6.45, 7) is 2.52. The van der Waals surface area contributed by atoms with Crippen molar-refractivity contribution < 1.29 is 23.1 Å². The van der Waals surface area contributed by atoms with Crippen LogP contribution in [0, 0.1) is 0 Å². The third-order valence-corrected chi connectivity index (χ3v) is 5.93. The number of sulfonamides is 1. The van der Waals surface area contributed by atoms with Gasteiger partial charge in [0.1, 0.15) is 6.04 Å². The minimum atomic E-state index is -3.42. The van der Waals surface area contributed by atoms with Gasteiger partial charge in [0.25, 0.3) is 0 Å². The van der Waals surface area contributed by atoms with Gasteiger partial charge in [-0.2, -0.15) is 4.31 Å². The molecule has 1 amide bonds. The van der Waals surface area contributed by atoms with Crippen LogP contribution in [0.1, 0.15) is 31.7 Å². The van der Waals surface area contributed by atoms with Gasteiger partial charge in [-0.25, -0.2) is 8.42 Å². The van der Waals surface area contributed by atoms with E-state index in [0.717, 1.165) is 18.4 Å². The summed E-state index contributed by atoms with van der Waals surface area (Å²) in [5, 5.41) is 11.1. The number of hydrogen-bond acceptors (Lipinski definition) is 4. The van der Waals surface area contributed by atoms with Crippen LogP contribution >= 0.6 is 0 Å². The molecule has 8 heteroatoms. The Morgan fingerprint density at radius 1 is 1.21 bits per heavy atom. The van der Waals surface area contributed by atoms with E-state index in [0.29, 0.717) is 19.5 Å². The molecule has 1 aromatic carbocycles. The fourth-order valence-corrected chi connectivity index (χ4v) is 4.06. The molecule has 1 unspecified atom stereocenters. The first-order valence-electron chi connectivity index (χ1n) is 7.92. The molecule has 1 aromatic rings. The normalized spacial score (nSPS) is 16.7. The van der Waals surface area contributed by atoms with Crippen molar-refractivity contribution in [2.24, 2.45) is 0 Å². The Kier molecular flexibility index (Phi) is 5.95. The van der Waals surface area contributed by atoms with Crippen molar-refractivity contribution >= 4 is 21.9 Å². The van der Waals surface area contributed by atoms with Gasteiger partial charge in [-0.3, -0.25) is 9.59 Å². The van der Waals surface area contributed by atoms with Crippen LogP contribution in [0.5, 0.6) is 0 Å². The van der Waals surface area contributed by atoms with E-state index in [4.69, 9.17) is 5.11 Å². The van der Waals surface area contributed by atoms with Gasteiger partial charge in [0.2, 0.25) is 15.9 Å². The molecule has 0 spiro atoms. The Labute approximate surface area is 141 Å². The van der Waals surface area contributed by atoms with Crippen LogP contribution in [-0.4, -0.2) is 48.8 Å². The minimum absolute atomic E-state index is 0.149. The van der Waals surface area contributed by atoms with Crippen LogP contribution < -0.4 is 5.32 Å². The monoisotopic (exact) mass is 354 g/mol. The number of aryl methyl sites for hydroxylation is 1. The maximum Gasteiger partial charge on any atom is 0.325 e. The van der Waals surface area contributed by atoms with Gasteiger partial charge in [-0.05, 0) is 43.9 Å². The molecular formula is C16H22N2O5S. The number of carboxylic acids is 1. The van der Waals surface area contributed by atoms with Gasteiger partial charge < -0.3 is 10.4 Å². The molecular weight excluding hydrogens is 332 g/mol. The Hall–Kier alpha value is -1.93. The minimum Gasteiger partial charge on any atom is -0.480 e. The van der Waals surface area contributed by atoms with Crippen LogP contribution in [-0.2, 0) is 26.0 Å². The molecule has 1 saturated heterocycles. The zero-order valence-electron chi connectivity index (χ0n) is 13.6. The molecule has 7 nitrogen and oxygen atoms in total. The summed E-state index contributed by atoms with van der Waals surface area (Å²) in [6, 6.07) is 5.57. The van der Waals surface area contributed by atoms with E-state index in [1.165, 1.54) is 11.2 Å². The van der Waals surface area contributed by atoms with Gasteiger partial charge in [0.15, 0.2) is 0 Å². The molecule has 1 aliphatic rings. The number of nitrogens with one attached hydrogen (secondary N) is 1. The zero-order valence-corrected chi connectivity index (χ0v) is 14.4. The molecule has 1 aliphatic heterocycles. The van der Waals surface area contributed by atoms with Crippen LogP contribution in [0.3, 0.4) is 0 Å². The highest BCUT2D eigenvalue weighted by atomic mass is 32.2. The molecule has 1 fully saturated rings. The average Bonchev–Trinajstić information content (AvgIpc) is 3.08. The third kappa shape index (κ3) is 4.55. The highest BCUT2D eigenvalue weighted by Crippen LogP contribution is 2.21. The molecule has 2 N–H and O–H groups in total. The van der Waals surface area contributed by atoms with E-state index in [1.807, 2.05) is 0 Å². The number of benzene rings is 1. The van der Waals surface area contributed by atoms with Crippen molar-refractivity contribution in [3.8, 4) is 0 Å². The zero-order chi connectivity index (χ0) is 17.7. The second kappa shape index (κ2) is 7.76. The highest BCUT2D eigenvalue weighted by molar-refractivity contribution is 7.89. The smallest absolute Gasteiger partial charge is 0.325 e. The Morgan fingerprint density at radius 2 is 1.79 bits per heavy atom. The van der Waals surface area contributed by atoms with Crippen LogP contribution in [0.2, 0.25) is 0 Å². The number of aliphatic carboxylic acids is 1. The summed E-state index contributed by atoms with van der Waals surface area (Å²) in [6.07, 6.45) is 2.35. The van der Waals surface area contributed by atoms with E-state index in [2.05, 4.69) is 5.32 Å². The van der Waals surface area contributed by atoms with E-state index in [-0.39, 0.29) is 17.2 Å². The van der Waals surface area contributed by atoms with Crippen LogP contribution in [0.4, 0.5) is 0 Å². The molecule has 0 aromatic heterocycles. The van der Waals surface area contributed by atoms with Gasteiger partial charge in [-0.15, -0.1) is 0 Å². The molecule has 132 valence electrons. The first-order valence-corrected chi connectivity index (χ1v) is 9.36. The molecule has 2 rings (SSSR count). The van der Waals surface area contributed by atoms with Crippen molar-refractivity contribution in [3.63, 3.8) is 0 Å². The van der Waals surface area contributed by atoms with Gasteiger partial charge in [-0.1, -0.05) is 12.1 Å². The second-order valence-electron chi connectivity index (χ2n) is 5.88. The first-order chi connectivity index (χ1) is 11.3. The summed E-state index contributed by atoms with van der Waals surface area (Å²) in [5.41, 5.74) is 0.827. The molecule has 1 heterocycles. The summed E-state index contributed by atoms with van der Waals surface area (Å²) < 4.78 is 26.3. The van der Waals surface area contributed by atoms with Crippen LogP contribution in [0.15, 0.2) is 29.2 Å². The topological polar surface area (TPSA) is 104 Å². The maximum absolute atomic E-state index is 12.4. The maximum atomic E-state index is 12.4. The predicted molar refractivity (Wildman–Crippen MR) is 88.0 cm³/mol. The summed E-state index contributed by atoms with van der Waals surface area (Å²) in [5.74, 6) is -1.43. The first kappa shape index (κ1) is 18.4. The molecule has 0 aliphatic carbocycles. The van der Waals surface area contributed by atoms with Crippen molar-refractivity contribution in [1.82, 2.24) is 9.62 Å². The molecule has 0 saturated carbocycles. The fraction of sp³-hybridized carbons (Fsp3) is 0.500. The summed E-state index contributed by atoms with van der Waals surface area (Å²) in [7, 11) is -3.42. The number of carboxylic acid groups (broad SMARTS) is 1. The SMILES string of the molecule is CC(NC(=O)CCc1ccc(S(=O)(=O)N2CCCC2)cc1)C(=O)O. The fourth-order valence-electron chi connectivity index (χ4n) is 2.54. The van der Waals surface area contributed by atoms with Crippen molar-refractivity contribution in [2.75, 3.05) is 13.1 Å². The van der Waals surface area contributed by atoms with E-state index in [1.54, 1.807) is 24.3 Å². The molecule has 0 radical (unpaired) electrons. The van der Waals surface area contributed by atoms with Gasteiger partial charge in [0, 0.05) is 19.5 Å². The lowest BCUT2D eigenvalue weighted by Gasteiger charge is -2.15. The predicted octanol–water partition coefficient (Wildman–Crippen LogP) is 0.993. The lowest BCUT2D eigenvalue weighted by molar-refractivity contribution is -0.141. The number of rotatable bonds is 7. The largest absolute Gasteiger partial charge is 0.480 e. The summed E-state index contributed by atoms with van der Waals surface area (Å²) in [4.78, 5) is 22.6. The Morgan fingerprint density at radius 3 is 2.33 bits per heavy atom. The third-order valence-electron chi connectivity index (χ3n) is 4.01. The van der Waals surface area contributed by atoms with Crippen LogP contribution in [0.25, 0.3) is 0 Å². The lowest BCUT2D eigenvalue weighted by atomic mass is 10.1. The molecule has 1 atom stereocenters. The standard InChI is InChI=1S/C16H22N2O5S/c1-12(16(20)21)17-15(19)9-6-13-4-7-14(8-5-13)24(22,23)18-10-2-3-11-18/h4-5,7-8,12H,2-3,6,9-11H2,1H3,(H,17,19)(H,20,21). The number of hydrogen-bond donors (Lipinski definition) is 2. The quantitative estimate of drug-likeness (QED) is 0.760. The average molecular weight is 354 g/mol. The Balaban J connectivity index is 1.92. The highest BCUT2D eigenvalue weighted by Gasteiger charge is 2.26. The second-order valence-corrected chi connectivity index (χ2v) is 7.82.